The number of hydrogen-bond donors (Lipinski definition) is 1. The van der Waals surface area contributed by atoms with E-state index in [9.17, 15) is 5.11 Å². The van der Waals surface area contributed by atoms with Crippen LogP contribution in [-0.2, 0) is 6.42 Å². The zero-order chi connectivity index (χ0) is 12.5. The van der Waals surface area contributed by atoms with Gasteiger partial charge >= 0.3 is 0 Å². The summed E-state index contributed by atoms with van der Waals surface area (Å²) in [6.45, 7) is 0. The second kappa shape index (κ2) is 4.46. The molecule has 0 fully saturated rings. The maximum absolute atomic E-state index is 10.1. The third kappa shape index (κ3) is 1.69. The lowest BCUT2D eigenvalue weighted by Gasteiger charge is -2.23. The third-order valence-corrected chi connectivity index (χ3v) is 3.41. The lowest BCUT2D eigenvalue weighted by molar-refractivity contribution is 0.0806. The Morgan fingerprint density at radius 1 is 1.39 bits per heavy atom. The highest BCUT2D eigenvalue weighted by molar-refractivity contribution is 5.65. The molecule has 4 heteroatoms. The molecule has 1 atom stereocenters. The van der Waals surface area contributed by atoms with Crippen LogP contribution in [0.1, 0.15) is 24.8 Å². The van der Waals surface area contributed by atoms with Crippen LogP contribution < -0.4 is 4.74 Å². The highest BCUT2D eigenvalue weighted by Crippen LogP contribution is 2.34. The summed E-state index contributed by atoms with van der Waals surface area (Å²) in [6.07, 6.45) is 4.14. The van der Waals surface area contributed by atoms with Crippen molar-refractivity contribution < 1.29 is 9.84 Å². The van der Waals surface area contributed by atoms with E-state index in [1.807, 2.05) is 35.0 Å². The van der Waals surface area contributed by atoms with Crippen molar-refractivity contribution >= 4 is 0 Å². The monoisotopic (exact) mass is 244 g/mol. The van der Waals surface area contributed by atoms with Crippen molar-refractivity contribution in [2.75, 3.05) is 7.11 Å². The SMILES string of the molecule is COc1ccccc1-c1ncc2n1C(O)CCC2. The molecule has 0 saturated carbocycles. The van der Waals surface area contributed by atoms with Crippen molar-refractivity contribution in [2.45, 2.75) is 25.5 Å². The Kier molecular flexibility index (Phi) is 2.80. The summed E-state index contributed by atoms with van der Waals surface area (Å²) in [5.74, 6) is 1.57. The van der Waals surface area contributed by atoms with E-state index >= 15 is 0 Å². The Balaban J connectivity index is 2.15. The van der Waals surface area contributed by atoms with Crippen LogP contribution in [0.25, 0.3) is 11.4 Å². The number of hydrogen-bond acceptors (Lipinski definition) is 3. The highest BCUT2D eigenvalue weighted by atomic mass is 16.5. The smallest absolute Gasteiger partial charge is 0.145 e. The Morgan fingerprint density at radius 3 is 3.06 bits per heavy atom. The van der Waals surface area contributed by atoms with Crippen LogP contribution in [0.2, 0.25) is 0 Å². The highest BCUT2D eigenvalue weighted by Gasteiger charge is 2.23. The molecule has 0 bridgehead atoms. The largest absolute Gasteiger partial charge is 0.496 e. The molecule has 1 aromatic carbocycles. The number of aryl methyl sites for hydroxylation is 1. The summed E-state index contributed by atoms with van der Waals surface area (Å²) < 4.78 is 7.28. The molecule has 18 heavy (non-hydrogen) atoms. The lowest BCUT2D eigenvalue weighted by atomic mass is 10.1. The van der Waals surface area contributed by atoms with Crippen LogP contribution in [0.3, 0.4) is 0 Å². The summed E-state index contributed by atoms with van der Waals surface area (Å²) in [5, 5.41) is 10.1. The van der Waals surface area contributed by atoms with Gasteiger partial charge in [0.15, 0.2) is 0 Å². The molecule has 2 aromatic rings. The minimum Gasteiger partial charge on any atom is -0.496 e. The molecular formula is C14H16N2O2. The third-order valence-electron chi connectivity index (χ3n) is 3.41. The van der Waals surface area contributed by atoms with Crippen LogP contribution in [0, 0.1) is 0 Å². The molecule has 1 N–H and O–H groups in total. The normalized spacial score (nSPS) is 18.4. The molecule has 1 unspecified atom stereocenters. The van der Waals surface area contributed by atoms with E-state index in [1.165, 1.54) is 0 Å². The predicted octanol–water partition coefficient (Wildman–Crippen LogP) is 2.39. The van der Waals surface area contributed by atoms with Crippen molar-refractivity contribution in [2.24, 2.45) is 0 Å². The maximum atomic E-state index is 10.1. The van der Waals surface area contributed by atoms with Crippen LogP contribution in [-0.4, -0.2) is 21.8 Å². The number of aliphatic hydroxyl groups excluding tert-OH is 1. The molecule has 2 heterocycles. The molecule has 3 rings (SSSR count). The number of aliphatic hydroxyl groups is 1. The fourth-order valence-electron chi connectivity index (χ4n) is 2.54. The Hall–Kier alpha value is -1.81. The number of aromatic nitrogens is 2. The fourth-order valence-corrected chi connectivity index (χ4v) is 2.54. The number of ether oxygens (including phenoxy) is 1. The minimum absolute atomic E-state index is 0.476. The van der Waals surface area contributed by atoms with Gasteiger partial charge in [-0.1, -0.05) is 12.1 Å². The van der Waals surface area contributed by atoms with Crippen LogP contribution in [0.5, 0.6) is 5.75 Å². The van der Waals surface area contributed by atoms with E-state index in [1.54, 1.807) is 7.11 Å². The standard InChI is InChI=1S/C14H16N2O2/c1-18-12-7-3-2-6-11(12)14-15-9-10-5-4-8-13(17)16(10)14/h2-3,6-7,9,13,17H,4-5,8H2,1H3. The number of nitrogens with zero attached hydrogens (tertiary/aromatic N) is 2. The van der Waals surface area contributed by atoms with Crippen molar-refractivity contribution in [3.63, 3.8) is 0 Å². The molecular weight excluding hydrogens is 228 g/mol. The van der Waals surface area contributed by atoms with Gasteiger partial charge in [-0.05, 0) is 31.4 Å². The Labute approximate surface area is 106 Å². The zero-order valence-electron chi connectivity index (χ0n) is 10.3. The average molecular weight is 244 g/mol. The number of imidazole rings is 1. The predicted molar refractivity (Wildman–Crippen MR) is 68.4 cm³/mol. The molecule has 0 amide bonds. The van der Waals surface area contributed by atoms with Gasteiger partial charge in [-0.3, -0.25) is 0 Å². The number of rotatable bonds is 2. The van der Waals surface area contributed by atoms with E-state index in [2.05, 4.69) is 4.98 Å². The molecule has 4 nitrogen and oxygen atoms in total. The van der Waals surface area contributed by atoms with E-state index in [0.717, 1.165) is 42.1 Å². The van der Waals surface area contributed by atoms with E-state index < -0.39 is 6.23 Å². The van der Waals surface area contributed by atoms with Gasteiger partial charge in [0.2, 0.25) is 0 Å². The van der Waals surface area contributed by atoms with E-state index in [-0.39, 0.29) is 0 Å². The van der Waals surface area contributed by atoms with Crippen LogP contribution in [0.4, 0.5) is 0 Å². The summed E-state index contributed by atoms with van der Waals surface area (Å²) in [5.41, 5.74) is 2.02. The van der Waals surface area contributed by atoms with Gasteiger partial charge in [-0.2, -0.15) is 0 Å². The van der Waals surface area contributed by atoms with Gasteiger partial charge in [-0.25, -0.2) is 4.98 Å². The first kappa shape index (κ1) is 11.3. The van der Waals surface area contributed by atoms with Gasteiger partial charge in [0, 0.05) is 11.9 Å². The van der Waals surface area contributed by atoms with Crippen LogP contribution >= 0.6 is 0 Å². The molecule has 0 radical (unpaired) electrons. The zero-order valence-corrected chi connectivity index (χ0v) is 10.3. The van der Waals surface area contributed by atoms with Gasteiger partial charge in [-0.15, -0.1) is 0 Å². The van der Waals surface area contributed by atoms with E-state index in [4.69, 9.17) is 4.74 Å². The first-order chi connectivity index (χ1) is 8.81. The lowest BCUT2D eigenvalue weighted by Crippen LogP contribution is -2.17. The second-order valence-corrected chi connectivity index (χ2v) is 4.52. The van der Waals surface area contributed by atoms with Gasteiger partial charge in [0.05, 0.1) is 12.7 Å². The Bertz CT molecular complexity index is 563. The van der Waals surface area contributed by atoms with Crippen molar-refractivity contribution in [1.29, 1.82) is 0 Å². The average Bonchev–Trinajstić information content (AvgIpc) is 2.84. The maximum Gasteiger partial charge on any atom is 0.145 e. The number of para-hydroxylation sites is 1. The topological polar surface area (TPSA) is 47.3 Å². The number of methoxy groups -OCH3 is 1. The second-order valence-electron chi connectivity index (χ2n) is 4.52. The summed E-state index contributed by atoms with van der Waals surface area (Å²) in [6, 6.07) is 7.76. The molecule has 1 aliphatic rings. The number of benzene rings is 1. The fraction of sp³-hybridized carbons (Fsp3) is 0.357. The molecule has 0 spiro atoms. The van der Waals surface area contributed by atoms with E-state index in [0.29, 0.717) is 0 Å². The van der Waals surface area contributed by atoms with Gasteiger partial charge in [0.1, 0.15) is 17.8 Å². The quantitative estimate of drug-likeness (QED) is 0.882. The molecule has 0 aliphatic carbocycles. The first-order valence-corrected chi connectivity index (χ1v) is 6.19. The Morgan fingerprint density at radius 2 is 2.22 bits per heavy atom. The van der Waals surface area contributed by atoms with Crippen molar-refractivity contribution in [1.82, 2.24) is 9.55 Å². The summed E-state index contributed by atoms with van der Waals surface area (Å²) in [7, 11) is 1.65. The summed E-state index contributed by atoms with van der Waals surface area (Å²) >= 11 is 0. The van der Waals surface area contributed by atoms with Crippen LogP contribution in [0.15, 0.2) is 30.5 Å². The number of fused-ring (bicyclic) bond motifs is 1. The van der Waals surface area contributed by atoms with Crippen molar-refractivity contribution in [3.8, 4) is 17.1 Å². The van der Waals surface area contributed by atoms with Crippen molar-refractivity contribution in [3.05, 3.63) is 36.2 Å². The molecule has 0 saturated heterocycles. The minimum atomic E-state index is -0.476. The molecule has 1 aliphatic heterocycles. The first-order valence-electron chi connectivity index (χ1n) is 6.19. The molecule has 94 valence electrons. The summed E-state index contributed by atoms with van der Waals surface area (Å²) in [4.78, 5) is 4.45. The molecule has 1 aromatic heterocycles. The van der Waals surface area contributed by atoms with Gasteiger partial charge < -0.3 is 14.4 Å². The van der Waals surface area contributed by atoms with Gasteiger partial charge in [0.25, 0.3) is 0 Å².